The molecule has 0 aliphatic heterocycles. The maximum atomic E-state index is 12.2. The van der Waals surface area contributed by atoms with Gasteiger partial charge in [-0.25, -0.2) is 4.98 Å². The van der Waals surface area contributed by atoms with Gasteiger partial charge >= 0.3 is 0 Å². The summed E-state index contributed by atoms with van der Waals surface area (Å²) < 4.78 is 0. The molecule has 1 aromatic rings. The first-order valence-electron chi connectivity index (χ1n) is 7.67. The molecule has 1 aliphatic carbocycles. The molecule has 0 radical (unpaired) electrons. The van der Waals surface area contributed by atoms with Gasteiger partial charge in [0.2, 0.25) is 0 Å². The van der Waals surface area contributed by atoms with E-state index in [0.29, 0.717) is 29.3 Å². The van der Waals surface area contributed by atoms with E-state index >= 15 is 0 Å². The summed E-state index contributed by atoms with van der Waals surface area (Å²) in [6.45, 7) is 4.87. The molecule has 1 amide bonds. The molecule has 5 heteroatoms. The summed E-state index contributed by atoms with van der Waals surface area (Å²) in [5, 5.41) is 3.38. The highest BCUT2D eigenvalue weighted by molar-refractivity contribution is 6.29. The minimum absolute atomic E-state index is 0.0762. The van der Waals surface area contributed by atoms with E-state index < -0.39 is 0 Å². The molecule has 1 aromatic heterocycles. The van der Waals surface area contributed by atoms with E-state index in [0.717, 1.165) is 18.5 Å². The first kappa shape index (κ1) is 16.2. The molecule has 0 aromatic carbocycles. The topological polar surface area (TPSA) is 45.2 Å². The fourth-order valence-corrected chi connectivity index (χ4v) is 2.62. The molecular formula is C16H24ClN3O. The molecule has 1 aliphatic rings. The number of aryl methyl sites for hydroxylation is 1. The van der Waals surface area contributed by atoms with Gasteiger partial charge in [0, 0.05) is 29.9 Å². The second-order valence-corrected chi connectivity index (χ2v) is 6.26. The predicted octanol–water partition coefficient (Wildman–Crippen LogP) is 2.90. The van der Waals surface area contributed by atoms with Crippen LogP contribution < -0.4 is 5.32 Å². The van der Waals surface area contributed by atoms with Crippen molar-refractivity contribution in [2.75, 3.05) is 13.6 Å². The molecule has 0 spiro atoms. The molecule has 2 rings (SSSR count). The van der Waals surface area contributed by atoms with Crippen molar-refractivity contribution in [2.45, 2.75) is 51.6 Å². The Morgan fingerprint density at radius 2 is 2.24 bits per heavy atom. The summed E-state index contributed by atoms with van der Waals surface area (Å²) in [7, 11) is 2.12. The van der Waals surface area contributed by atoms with Crippen LogP contribution in [0.25, 0.3) is 0 Å². The molecule has 4 nitrogen and oxygen atoms in total. The molecule has 1 N–H and O–H groups in total. The van der Waals surface area contributed by atoms with E-state index in [4.69, 9.17) is 11.6 Å². The Kier molecular flexibility index (Phi) is 5.59. The van der Waals surface area contributed by atoms with Gasteiger partial charge in [-0.15, -0.1) is 0 Å². The van der Waals surface area contributed by atoms with Crippen LogP contribution in [0.3, 0.4) is 0 Å². The molecular weight excluding hydrogens is 286 g/mol. The molecule has 1 unspecified atom stereocenters. The Morgan fingerprint density at radius 1 is 1.52 bits per heavy atom. The largest absolute Gasteiger partial charge is 0.350 e. The molecule has 21 heavy (non-hydrogen) atoms. The van der Waals surface area contributed by atoms with Gasteiger partial charge in [0.15, 0.2) is 0 Å². The lowest BCUT2D eigenvalue weighted by atomic mass is 10.1. The van der Waals surface area contributed by atoms with Gasteiger partial charge < -0.3 is 5.32 Å². The molecule has 0 saturated heterocycles. The van der Waals surface area contributed by atoms with Gasteiger partial charge in [-0.2, -0.15) is 0 Å². The average molecular weight is 310 g/mol. The van der Waals surface area contributed by atoms with Crippen molar-refractivity contribution >= 4 is 17.5 Å². The van der Waals surface area contributed by atoms with Crippen molar-refractivity contribution in [3.8, 4) is 0 Å². The van der Waals surface area contributed by atoms with Crippen LogP contribution in [0.4, 0.5) is 0 Å². The van der Waals surface area contributed by atoms with Crippen molar-refractivity contribution in [3.05, 3.63) is 28.5 Å². The second kappa shape index (κ2) is 7.23. The zero-order valence-corrected chi connectivity index (χ0v) is 13.8. The maximum absolute atomic E-state index is 12.2. The van der Waals surface area contributed by atoms with Crippen molar-refractivity contribution in [1.82, 2.24) is 15.2 Å². The third-order valence-electron chi connectivity index (χ3n) is 3.99. The van der Waals surface area contributed by atoms with Crippen molar-refractivity contribution in [3.63, 3.8) is 0 Å². The number of rotatable bonds is 7. The number of nitrogens with zero attached hydrogens (tertiary/aromatic N) is 2. The third-order valence-corrected chi connectivity index (χ3v) is 4.19. The van der Waals surface area contributed by atoms with Gasteiger partial charge in [-0.1, -0.05) is 24.9 Å². The molecule has 1 atom stereocenters. The van der Waals surface area contributed by atoms with Crippen LogP contribution in [0.5, 0.6) is 0 Å². The van der Waals surface area contributed by atoms with E-state index in [2.05, 4.69) is 36.1 Å². The van der Waals surface area contributed by atoms with Gasteiger partial charge in [0.05, 0.1) is 0 Å². The van der Waals surface area contributed by atoms with E-state index in [1.54, 1.807) is 6.07 Å². The summed E-state index contributed by atoms with van der Waals surface area (Å²) in [6.07, 6.45) is 4.36. The van der Waals surface area contributed by atoms with Crippen LogP contribution in [-0.2, 0) is 6.42 Å². The highest BCUT2D eigenvalue weighted by Gasteiger charge is 2.29. The van der Waals surface area contributed by atoms with Crippen LogP contribution in [0.15, 0.2) is 12.1 Å². The minimum Gasteiger partial charge on any atom is -0.350 e. The number of nitrogens with one attached hydrogen (secondary N) is 1. The highest BCUT2D eigenvalue weighted by Crippen LogP contribution is 2.26. The van der Waals surface area contributed by atoms with Gasteiger partial charge in [0.25, 0.3) is 5.91 Å². The van der Waals surface area contributed by atoms with Crippen LogP contribution in [0.2, 0.25) is 5.15 Å². The van der Waals surface area contributed by atoms with E-state index in [1.807, 2.05) is 6.07 Å². The lowest BCUT2D eigenvalue weighted by Crippen LogP contribution is -2.41. The van der Waals surface area contributed by atoms with Gasteiger partial charge in [-0.3, -0.25) is 9.69 Å². The number of carbonyl (C=O) groups is 1. The van der Waals surface area contributed by atoms with Gasteiger partial charge in [0.1, 0.15) is 5.15 Å². The smallest absolute Gasteiger partial charge is 0.251 e. The number of likely N-dealkylation sites (N-methyl/N-ethyl adjacent to an activating group) is 1. The van der Waals surface area contributed by atoms with E-state index in [1.165, 1.54) is 12.8 Å². The quantitative estimate of drug-likeness (QED) is 0.788. The molecule has 1 heterocycles. The number of carbonyl (C=O) groups excluding carboxylic acids is 1. The Bertz CT molecular complexity index is 502. The Hall–Kier alpha value is -1.13. The normalized spacial score (nSPS) is 16.0. The molecule has 116 valence electrons. The minimum atomic E-state index is -0.0762. The number of amides is 1. The number of aromatic nitrogens is 1. The Labute approximate surface area is 131 Å². The maximum Gasteiger partial charge on any atom is 0.251 e. The average Bonchev–Trinajstić information content (AvgIpc) is 3.27. The number of pyridine rings is 1. The summed E-state index contributed by atoms with van der Waals surface area (Å²) in [5.41, 5.74) is 1.47. The number of hydrogen-bond acceptors (Lipinski definition) is 3. The van der Waals surface area contributed by atoms with Gasteiger partial charge in [-0.05, 0) is 45.4 Å². The number of hydrogen-bond donors (Lipinski definition) is 1. The zero-order chi connectivity index (χ0) is 15.4. The summed E-state index contributed by atoms with van der Waals surface area (Å²) in [6, 6.07) is 4.50. The van der Waals surface area contributed by atoms with E-state index in [-0.39, 0.29) is 5.91 Å². The van der Waals surface area contributed by atoms with E-state index in [9.17, 15) is 4.79 Å². The molecule has 1 fully saturated rings. The van der Waals surface area contributed by atoms with Crippen LogP contribution in [0.1, 0.15) is 49.2 Å². The predicted molar refractivity (Wildman–Crippen MR) is 85.8 cm³/mol. The van der Waals surface area contributed by atoms with Crippen molar-refractivity contribution in [2.24, 2.45) is 0 Å². The monoisotopic (exact) mass is 309 g/mol. The van der Waals surface area contributed by atoms with Crippen LogP contribution >= 0.6 is 11.6 Å². The SMILES string of the molecule is CCCc1cc(C(=O)NCC(C)N(C)C2CC2)cc(Cl)n1. The fourth-order valence-electron chi connectivity index (χ4n) is 2.39. The van der Waals surface area contributed by atoms with Crippen LogP contribution in [-0.4, -0.2) is 41.5 Å². The summed E-state index contributed by atoms with van der Waals surface area (Å²) >= 11 is 5.99. The summed E-state index contributed by atoms with van der Waals surface area (Å²) in [4.78, 5) is 18.8. The second-order valence-electron chi connectivity index (χ2n) is 5.88. The first-order chi connectivity index (χ1) is 10.0. The lowest BCUT2D eigenvalue weighted by molar-refractivity contribution is 0.0939. The van der Waals surface area contributed by atoms with Crippen molar-refractivity contribution in [1.29, 1.82) is 0 Å². The Morgan fingerprint density at radius 3 is 2.86 bits per heavy atom. The molecule has 1 saturated carbocycles. The highest BCUT2D eigenvalue weighted by atomic mass is 35.5. The Balaban J connectivity index is 1.93. The molecule has 0 bridgehead atoms. The zero-order valence-electron chi connectivity index (χ0n) is 13.0. The lowest BCUT2D eigenvalue weighted by Gasteiger charge is -2.24. The number of halogens is 1. The van der Waals surface area contributed by atoms with Crippen molar-refractivity contribution < 1.29 is 4.79 Å². The summed E-state index contributed by atoms with van der Waals surface area (Å²) in [5.74, 6) is -0.0762. The van der Waals surface area contributed by atoms with Crippen LogP contribution in [0, 0.1) is 0 Å². The fraction of sp³-hybridized carbons (Fsp3) is 0.625. The third kappa shape index (κ3) is 4.68. The first-order valence-corrected chi connectivity index (χ1v) is 8.05. The standard InChI is InChI=1S/C16H24ClN3O/c1-4-5-13-8-12(9-15(17)19-13)16(21)18-10-11(2)20(3)14-6-7-14/h8-9,11,14H,4-7,10H2,1-3H3,(H,18,21).